The van der Waals surface area contributed by atoms with E-state index in [-0.39, 0.29) is 17.7 Å². The summed E-state index contributed by atoms with van der Waals surface area (Å²) in [5, 5.41) is 13.5. The molecule has 2 amide bonds. The Morgan fingerprint density at radius 3 is 3.07 bits per heavy atom. The zero-order valence-electron chi connectivity index (χ0n) is 15.9. The number of fused-ring (bicyclic) bond motifs is 1. The van der Waals surface area contributed by atoms with E-state index in [4.69, 9.17) is 21.1 Å². The van der Waals surface area contributed by atoms with Gasteiger partial charge in [0.05, 0.1) is 0 Å². The van der Waals surface area contributed by atoms with Crippen LogP contribution in [-0.4, -0.2) is 43.6 Å². The predicted molar refractivity (Wildman–Crippen MR) is 106 cm³/mol. The van der Waals surface area contributed by atoms with Crippen molar-refractivity contribution in [2.75, 3.05) is 17.2 Å². The smallest absolute Gasteiger partial charge is 0.413 e. The minimum absolute atomic E-state index is 0.106. The molecule has 0 spiro atoms. The number of rotatable bonds is 4. The number of aryl methyl sites for hydroxylation is 1. The Balaban J connectivity index is 1.54. The van der Waals surface area contributed by atoms with Gasteiger partial charge in [0.2, 0.25) is 0 Å². The Kier molecular flexibility index (Phi) is 5.19. The number of hydrogen-bond acceptors (Lipinski definition) is 8. The average molecular weight is 430 g/mol. The Morgan fingerprint density at radius 1 is 1.43 bits per heavy atom. The van der Waals surface area contributed by atoms with Crippen LogP contribution in [0.25, 0.3) is 11.3 Å². The summed E-state index contributed by atoms with van der Waals surface area (Å²) >= 11 is 6.05. The molecule has 0 saturated carbocycles. The Labute approximate surface area is 175 Å². The summed E-state index contributed by atoms with van der Waals surface area (Å²) in [5.41, 5.74) is 1.48. The molecule has 11 nitrogen and oxygen atoms in total. The minimum atomic E-state index is -0.719. The van der Waals surface area contributed by atoms with E-state index in [2.05, 4.69) is 30.9 Å². The first kappa shape index (κ1) is 19.6. The molecule has 12 heteroatoms. The van der Waals surface area contributed by atoms with Crippen LogP contribution in [0.4, 0.5) is 16.4 Å². The number of amides is 2. The highest BCUT2D eigenvalue weighted by atomic mass is 35.5. The number of aromatic nitrogens is 5. The maximum atomic E-state index is 12.5. The first-order valence-corrected chi connectivity index (χ1v) is 9.21. The molecule has 4 heterocycles. The summed E-state index contributed by atoms with van der Waals surface area (Å²) in [6.07, 6.45) is 1.70. The highest BCUT2D eigenvalue weighted by Gasteiger charge is 2.23. The third-order valence-electron chi connectivity index (χ3n) is 4.30. The molecule has 154 valence electrons. The summed E-state index contributed by atoms with van der Waals surface area (Å²) in [6.45, 7) is 1.58. The summed E-state index contributed by atoms with van der Waals surface area (Å²) in [7, 11) is 1.62. The number of nitrogens with zero attached hydrogens (tertiary/aromatic N) is 5. The highest BCUT2D eigenvalue weighted by Crippen LogP contribution is 2.33. The second-order valence-corrected chi connectivity index (χ2v) is 6.73. The molecule has 3 aromatic heterocycles. The molecular formula is C18H16ClN7O4. The zero-order valence-corrected chi connectivity index (χ0v) is 16.7. The second kappa shape index (κ2) is 7.95. The van der Waals surface area contributed by atoms with E-state index in [9.17, 15) is 9.59 Å². The Hall–Kier alpha value is -3.73. The fraction of sp³-hybridized carbons (Fsp3) is 0.222. The van der Waals surface area contributed by atoms with Gasteiger partial charge in [-0.05, 0) is 19.1 Å². The number of nitrogens with one attached hydrogen (secondary N) is 2. The van der Waals surface area contributed by atoms with E-state index in [0.717, 1.165) is 0 Å². The molecular weight excluding hydrogens is 414 g/mol. The monoisotopic (exact) mass is 429 g/mol. The van der Waals surface area contributed by atoms with Crippen molar-refractivity contribution < 1.29 is 19.1 Å². The summed E-state index contributed by atoms with van der Waals surface area (Å²) in [5.74, 6) is 0.724. The van der Waals surface area contributed by atoms with E-state index in [0.29, 0.717) is 34.2 Å². The summed E-state index contributed by atoms with van der Waals surface area (Å²) < 4.78 is 12.2. The van der Waals surface area contributed by atoms with Gasteiger partial charge in [0.1, 0.15) is 17.0 Å². The Morgan fingerprint density at radius 2 is 2.27 bits per heavy atom. The van der Waals surface area contributed by atoms with Crippen molar-refractivity contribution >= 4 is 35.2 Å². The lowest BCUT2D eigenvalue weighted by atomic mass is 10.2. The molecule has 1 atom stereocenters. The molecule has 2 N–H and O–H groups in total. The van der Waals surface area contributed by atoms with Crippen LogP contribution in [-0.2, 0) is 16.6 Å². The molecule has 0 fully saturated rings. The standard InChI is InChI=1S/C18H16ClN7O4/c1-9(11-4-3-5-20-15(11)19)30-18(28)23-17-14(24-25-26(17)2)10-6-12-16(21-7-10)22-13(27)8-29-12/h3-7,9H,8H2,1-2H3,(H,23,28)(H,21,22,27)/t9-/m1/s1. The first-order valence-electron chi connectivity index (χ1n) is 8.83. The van der Waals surface area contributed by atoms with Gasteiger partial charge in [-0.1, -0.05) is 22.9 Å². The molecule has 1 aliphatic rings. The molecule has 0 saturated heterocycles. The highest BCUT2D eigenvalue weighted by molar-refractivity contribution is 6.30. The predicted octanol–water partition coefficient (Wildman–Crippen LogP) is 2.57. The van der Waals surface area contributed by atoms with Crippen LogP contribution in [0.2, 0.25) is 5.15 Å². The fourth-order valence-electron chi connectivity index (χ4n) is 2.83. The van der Waals surface area contributed by atoms with Crippen molar-refractivity contribution in [3.05, 3.63) is 41.3 Å². The maximum absolute atomic E-state index is 12.5. The summed E-state index contributed by atoms with van der Waals surface area (Å²) in [4.78, 5) is 32.0. The van der Waals surface area contributed by atoms with Gasteiger partial charge >= 0.3 is 6.09 Å². The first-order chi connectivity index (χ1) is 14.4. The lowest BCUT2D eigenvalue weighted by Gasteiger charge is -2.17. The molecule has 1 aliphatic heterocycles. The molecule has 4 rings (SSSR count). The topological polar surface area (TPSA) is 133 Å². The maximum Gasteiger partial charge on any atom is 0.413 e. The number of pyridine rings is 2. The SMILES string of the molecule is C[C@@H](OC(=O)Nc1c(-c2cnc3c(c2)OCC(=O)N3)nnn1C)c1cccnc1Cl. The van der Waals surface area contributed by atoms with Crippen molar-refractivity contribution in [3.8, 4) is 17.0 Å². The number of hydrogen-bond donors (Lipinski definition) is 2. The van der Waals surface area contributed by atoms with Crippen LogP contribution < -0.4 is 15.4 Å². The molecule has 30 heavy (non-hydrogen) atoms. The van der Waals surface area contributed by atoms with Gasteiger partial charge in [0, 0.05) is 30.6 Å². The minimum Gasteiger partial charge on any atom is -0.480 e. The van der Waals surface area contributed by atoms with Crippen LogP contribution in [0, 0.1) is 0 Å². The van der Waals surface area contributed by atoms with E-state index in [1.165, 1.54) is 10.9 Å². The van der Waals surface area contributed by atoms with Crippen molar-refractivity contribution in [2.24, 2.45) is 7.05 Å². The van der Waals surface area contributed by atoms with Gasteiger partial charge < -0.3 is 14.8 Å². The molecule has 0 aliphatic carbocycles. The zero-order chi connectivity index (χ0) is 21.3. The number of carbonyl (C=O) groups excluding carboxylic acids is 2. The van der Waals surface area contributed by atoms with Gasteiger partial charge in [-0.2, -0.15) is 0 Å². The van der Waals surface area contributed by atoms with Gasteiger partial charge in [-0.25, -0.2) is 19.4 Å². The average Bonchev–Trinajstić information content (AvgIpc) is 3.08. The van der Waals surface area contributed by atoms with Gasteiger partial charge in [-0.15, -0.1) is 5.10 Å². The number of anilines is 2. The molecule has 0 unspecified atom stereocenters. The van der Waals surface area contributed by atoms with E-state index in [1.54, 1.807) is 38.4 Å². The van der Waals surface area contributed by atoms with Crippen molar-refractivity contribution in [2.45, 2.75) is 13.0 Å². The lowest BCUT2D eigenvalue weighted by molar-refractivity contribution is -0.118. The van der Waals surface area contributed by atoms with E-state index >= 15 is 0 Å². The van der Waals surface area contributed by atoms with Crippen LogP contribution in [0.15, 0.2) is 30.6 Å². The van der Waals surface area contributed by atoms with Crippen LogP contribution >= 0.6 is 11.6 Å². The summed E-state index contributed by atoms with van der Waals surface area (Å²) in [6, 6.07) is 5.08. The Bertz CT molecular complexity index is 1130. The lowest BCUT2D eigenvalue weighted by Crippen LogP contribution is -2.26. The molecule has 0 radical (unpaired) electrons. The number of halogens is 1. The van der Waals surface area contributed by atoms with Crippen LogP contribution in [0.5, 0.6) is 5.75 Å². The van der Waals surface area contributed by atoms with Gasteiger partial charge in [0.15, 0.2) is 24.0 Å². The van der Waals surface area contributed by atoms with Gasteiger partial charge in [0.25, 0.3) is 5.91 Å². The molecule has 3 aromatic rings. The van der Waals surface area contributed by atoms with Crippen molar-refractivity contribution in [1.29, 1.82) is 0 Å². The third-order valence-corrected chi connectivity index (χ3v) is 4.62. The second-order valence-electron chi connectivity index (χ2n) is 6.37. The third kappa shape index (κ3) is 3.87. The van der Waals surface area contributed by atoms with Gasteiger partial charge in [-0.3, -0.25) is 10.1 Å². The van der Waals surface area contributed by atoms with E-state index < -0.39 is 12.2 Å². The largest absolute Gasteiger partial charge is 0.480 e. The van der Waals surface area contributed by atoms with Crippen LogP contribution in [0.1, 0.15) is 18.6 Å². The van der Waals surface area contributed by atoms with Crippen molar-refractivity contribution in [3.63, 3.8) is 0 Å². The molecule has 0 aromatic carbocycles. The quantitative estimate of drug-likeness (QED) is 0.604. The van der Waals surface area contributed by atoms with E-state index in [1.807, 2.05) is 0 Å². The van der Waals surface area contributed by atoms with Crippen LogP contribution in [0.3, 0.4) is 0 Å². The number of carbonyl (C=O) groups is 2. The number of ether oxygens (including phenoxy) is 2. The molecule has 0 bridgehead atoms. The van der Waals surface area contributed by atoms with Crippen molar-refractivity contribution in [1.82, 2.24) is 25.0 Å². The fourth-order valence-corrected chi connectivity index (χ4v) is 3.11. The normalized spacial score (nSPS) is 13.6.